The second-order valence-electron chi connectivity index (χ2n) is 5.22. The van der Waals surface area contributed by atoms with Crippen LogP contribution in [0.25, 0.3) is 0 Å². The number of hydrogen-bond acceptors (Lipinski definition) is 3. The molecule has 1 heterocycles. The molecule has 0 aliphatic carbocycles. The first kappa shape index (κ1) is 13.8. The van der Waals surface area contributed by atoms with Gasteiger partial charge < -0.3 is 10.4 Å². The van der Waals surface area contributed by atoms with E-state index in [1.807, 2.05) is 0 Å². The smallest absolute Gasteiger partial charge is 0.335 e. The van der Waals surface area contributed by atoms with Gasteiger partial charge in [0, 0.05) is 25.2 Å². The molecule has 0 bridgehead atoms. The van der Waals surface area contributed by atoms with E-state index in [1.54, 1.807) is 0 Å². The summed E-state index contributed by atoms with van der Waals surface area (Å²) in [5.74, 6) is -1.45. The molecule has 2 N–H and O–H groups in total. The monoisotopic (exact) mass is 266 g/mol. The number of halogens is 1. The number of aromatic carboxylic acids is 1. The van der Waals surface area contributed by atoms with E-state index in [4.69, 9.17) is 5.11 Å². The molecule has 104 valence electrons. The Morgan fingerprint density at radius 1 is 1.53 bits per heavy atom. The Balaban J connectivity index is 2.07. The van der Waals surface area contributed by atoms with Gasteiger partial charge in [0.15, 0.2) is 0 Å². The largest absolute Gasteiger partial charge is 0.478 e. The fourth-order valence-electron chi connectivity index (χ4n) is 2.36. The minimum atomic E-state index is -1.04. The van der Waals surface area contributed by atoms with Gasteiger partial charge in [0.25, 0.3) is 0 Å². The van der Waals surface area contributed by atoms with E-state index in [-0.39, 0.29) is 17.3 Å². The predicted octanol–water partition coefficient (Wildman–Crippen LogP) is 2.42. The quantitative estimate of drug-likeness (QED) is 0.878. The molecule has 1 fully saturated rings. The van der Waals surface area contributed by atoms with Gasteiger partial charge in [-0.2, -0.15) is 0 Å². The predicted molar refractivity (Wildman–Crippen MR) is 72.1 cm³/mol. The van der Waals surface area contributed by atoms with Crippen LogP contribution in [-0.4, -0.2) is 41.1 Å². The van der Waals surface area contributed by atoms with Gasteiger partial charge in [0.05, 0.1) is 11.3 Å². The standard InChI is InChI=1S/C14H19FN2O2/c1-9(2)17-6-5-11(8-17)16-13-7-10(14(18)19)3-4-12(13)15/h3-4,7,9,11,16H,5-6,8H2,1-2H3,(H,18,19). The molecular weight excluding hydrogens is 247 g/mol. The highest BCUT2D eigenvalue weighted by molar-refractivity contribution is 5.88. The fraction of sp³-hybridized carbons (Fsp3) is 0.500. The van der Waals surface area contributed by atoms with Gasteiger partial charge in [0.1, 0.15) is 5.82 Å². The third kappa shape index (κ3) is 3.23. The number of nitrogens with one attached hydrogen (secondary N) is 1. The molecule has 1 aliphatic heterocycles. The number of likely N-dealkylation sites (tertiary alicyclic amines) is 1. The molecule has 0 saturated carbocycles. The molecule has 1 aromatic rings. The van der Waals surface area contributed by atoms with Gasteiger partial charge in [-0.1, -0.05) is 0 Å². The second-order valence-corrected chi connectivity index (χ2v) is 5.22. The van der Waals surface area contributed by atoms with Crippen LogP contribution in [0.2, 0.25) is 0 Å². The summed E-state index contributed by atoms with van der Waals surface area (Å²) in [7, 11) is 0. The molecule has 1 atom stereocenters. The van der Waals surface area contributed by atoms with Gasteiger partial charge in [-0.3, -0.25) is 4.90 Å². The Labute approximate surface area is 112 Å². The lowest BCUT2D eigenvalue weighted by Crippen LogP contribution is -2.31. The number of hydrogen-bond donors (Lipinski definition) is 2. The lowest BCUT2D eigenvalue weighted by Gasteiger charge is -2.21. The summed E-state index contributed by atoms with van der Waals surface area (Å²) in [6.07, 6.45) is 0.939. The Kier molecular flexibility index (Phi) is 4.04. The van der Waals surface area contributed by atoms with Crippen molar-refractivity contribution in [2.75, 3.05) is 18.4 Å². The van der Waals surface area contributed by atoms with Crippen molar-refractivity contribution in [3.8, 4) is 0 Å². The molecule has 0 aromatic heterocycles. The van der Waals surface area contributed by atoms with Crippen LogP contribution in [0.5, 0.6) is 0 Å². The maximum absolute atomic E-state index is 13.7. The summed E-state index contributed by atoms with van der Waals surface area (Å²) in [4.78, 5) is 13.2. The van der Waals surface area contributed by atoms with Crippen molar-refractivity contribution < 1.29 is 14.3 Å². The van der Waals surface area contributed by atoms with Gasteiger partial charge in [-0.15, -0.1) is 0 Å². The minimum Gasteiger partial charge on any atom is -0.478 e. The van der Waals surface area contributed by atoms with Gasteiger partial charge in [-0.05, 0) is 38.5 Å². The van der Waals surface area contributed by atoms with Crippen LogP contribution in [0.1, 0.15) is 30.6 Å². The van der Waals surface area contributed by atoms with E-state index in [0.717, 1.165) is 19.5 Å². The zero-order valence-electron chi connectivity index (χ0n) is 11.2. The highest BCUT2D eigenvalue weighted by Crippen LogP contribution is 2.21. The third-order valence-electron chi connectivity index (χ3n) is 3.52. The average Bonchev–Trinajstić information content (AvgIpc) is 2.80. The normalized spacial score (nSPS) is 19.9. The van der Waals surface area contributed by atoms with Crippen LogP contribution in [0, 0.1) is 5.82 Å². The molecule has 1 aromatic carbocycles. The number of carboxylic acids is 1. The van der Waals surface area contributed by atoms with E-state index in [1.165, 1.54) is 18.2 Å². The lowest BCUT2D eigenvalue weighted by atomic mass is 10.1. The summed E-state index contributed by atoms with van der Waals surface area (Å²) in [6.45, 7) is 6.10. The topological polar surface area (TPSA) is 52.6 Å². The molecule has 0 amide bonds. The molecular formula is C14H19FN2O2. The molecule has 1 aliphatic rings. The second kappa shape index (κ2) is 5.57. The number of benzene rings is 1. The SMILES string of the molecule is CC(C)N1CCC(Nc2cc(C(=O)O)ccc2F)C1. The lowest BCUT2D eigenvalue weighted by molar-refractivity contribution is 0.0697. The molecule has 19 heavy (non-hydrogen) atoms. The summed E-state index contributed by atoms with van der Waals surface area (Å²) in [5, 5.41) is 12.0. The van der Waals surface area contributed by atoms with Crippen LogP contribution in [0.15, 0.2) is 18.2 Å². The van der Waals surface area contributed by atoms with E-state index in [2.05, 4.69) is 24.1 Å². The summed E-state index contributed by atoms with van der Waals surface area (Å²) in [5.41, 5.74) is 0.373. The Morgan fingerprint density at radius 3 is 2.84 bits per heavy atom. The highest BCUT2D eigenvalue weighted by atomic mass is 19.1. The van der Waals surface area contributed by atoms with Crippen molar-refractivity contribution in [2.24, 2.45) is 0 Å². The van der Waals surface area contributed by atoms with Gasteiger partial charge in [-0.25, -0.2) is 9.18 Å². The fourth-order valence-corrected chi connectivity index (χ4v) is 2.36. The highest BCUT2D eigenvalue weighted by Gasteiger charge is 2.24. The van der Waals surface area contributed by atoms with Crippen LogP contribution in [0.3, 0.4) is 0 Å². The van der Waals surface area contributed by atoms with E-state index < -0.39 is 11.8 Å². The maximum Gasteiger partial charge on any atom is 0.335 e. The maximum atomic E-state index is 13.7. The molecule has 0 spiro atoms. The van der Waals surface area contributed by atoms with Crippen molar-refractivity contribution in [2.45, 2.75) is 32.4 Å². The number of carboxylic acid groups (broad SMARTS) is 1. The first-order valence-corrected chi connectivity index (χ1v) is 6.51. The van der Waals surface area contributed by atoms with Crippen LogP contribution in [-0.2, 0) is 0 Å². The minimum absolute atomic E-state index is 0.0996. The van der Waals surface area contributed by atoms with Crippen molar-refractivity contribution in [1.82, 2.24) is 4.90 Å². The average molecular weight is 266 g/mol. The van der Waals surface area contributed by atoms with Crippen molar-refractivity contribution in [1.29, 1.82) is 0 Å². The number of rotatable bonds is 4. The van der Waals surface area contributed by atoms with Crippen LogP contribution in [0.4, 0.5) is 10.1 Å². The van der Waals surface area contributed by atoms with E-state index in [0.29, 0.717) is 6.04 Å². The molecule has 1 unspecified atom stereocenters. The molecule has 4 nitrogen and oxygen atoms in total. The molecule has 0 radical (unpaired) electrons. The summed E-state index contributed by atoms with van der Waals surface area (Å²) < 4.78 is 13.7. The first-order valence-electron chi connectivity index (χ1n) is 6.51. The zero-order valence-corrected chi connectivity index (χ0v) is 11.2. The van der Waals surface area contributed by atoms with Crippen molar-refractivity contribution >= 4 is 11.7 Å². The molecule has 1 saturated heterocycles. The van der Waals surface area contributed by atoms with Gasteiger partial charge >= 0.3 is 5.97 Å². The Morgan fingerprint density at radius 2 is 2.26 bits per heavy atom. The van der Waals surface area contributed by atoms with Crippen molar-refractivity contribution in [3.63, 3.8) is 0 Å². The van der Waals surface area contributed by atoms with Gasteiger partial charge in [0.2, 0.25) is 0 Å². The van der Waals surface area contributed by atoms with Crippen LogP contribution >= 0.6 is 0 Å². The Hall–Kier alpha value is -1.62. The van der Waals surface area contributed by atoms with E-state index in [9.17, 15) is 9.18 Å². The Bertz CT molecular complexity index is 477. The van der Waals surface area contributed by atoms with Crippen molar-refractivity contribution in [3.05, 3.63) is 29.6 Å². The molecule has 2 rings (SSSR count). The number of anilines is 1. The zero-order chi connectivity index (χ0) is 14.0. The number of carbonyl (C=O) groups is 1. The summed E-state index contributed by atoms with van der Waals surface area (Å²) in [6, 6.07) is 4.47. The number of nitrogens with zero attached hydrogens (tertiary/aromatic N) is 1. The molecule has 5 heteroatoms. The van der Waals surface area contributed by atoms with E-state index >= 15 is 0 Å². The third-order valence-corrected chi connectivity index (χ3v) is 3.52. The van der Waals surface area contributed by atoms with Crippen LogP contribution < -0.4 is 5.32 Å². The summed E-state index contributed by atoms with van der Waals surface area (Å²) >= 11 is 0. The first-order chi connectivity index (χ1) is 8.97.